The fraction of sp³-hybridized carbons (Fsp3) is 0.846. The minimum Gasteiger partial charge on any atom is -0.480 e. The van der Waals surface area contributed by atoms with Gasteiger partial charge in [-0.3, -0.25) is 0 Å². The van der Waals surface area contributed by atoms with E-state index in [0.717, 1.165) is 24.2 Å². The lowest BCUT2D eigenvalue weighted by Crippen LogP contribution is -2.59. The van der Waals surface area contributed by atoms with Gasteiger partial charge in [-0.05, 0) is 31.6 Å². The minimum absolute atomic E-state index is 0.342. The van der Waals surface area contributed by atoms with E-state index in [4.69, 9.17) is 0 Å². The first-order valence-electron chi connectivity index (χ1n) is 6.85. The highest BCUT2D eigenvalue weighted by Crippen LogP contribution is 2.34. The molecule has 0 radical (unpaired) electrons. The number of carboxylic acids is 1. The first kappa shape index (κ1) is 16.7. The van der Waals surface area contributed by atoms with E-state index in [1.807, 2.05) is 6.92 Å². The molecule has 0 aromatic rings. The Labute approximate surface area is 117 Å². The molecule has 1 aliphatic carbocycles. The second kappa shape index (κ2) is 6.85. The molecule has 1 rings (SSSR count). The van der Waals surface area contributed by atoms with E-state index >= 15 is 0 Å². The van der Waals surface area contributed by atoms with Gasteiger partial charge in [0.25, 0.3) is 6.43 Å². The van der Waals surface area contributed by atoms with Crippen molar-refractivity contribution < 1.29 is 23.5 Å². The molecular weight excluding hydrogens is 270 g/mol. The number of alkyl halides is 2. The van der Waals surface area contributed by atoms with Gasteiger partial charge in [-0.1, -0.05) is 13.3 Å². The molecule has 7 heteroatoms. The van der Waals surface area contributed by atoms with Gasteiger partial charge >= 0.3 is 12.0 Å². The number of amides is 2. The van der Waals surface area contributed by atoms with E-state index in [1.165, 1.54) is 7.05 Å². The van der Waals surface area contributed by atoms with Crippen LogP contribution in [0.5, 0.6) is 0 Å². The highest BCUT2D eigenvalue weighted by Gasteiger charge is 2.43. The summed E-state index contributed by atoms with van der Waals surface area (Å²) in [5.74, 6) is -0.621. The zero-order valence-corrected chi connectivity index (χ0v) is 11.9. The van der Waals surface area contributed by atoms with Crippen molar-refractivity contribution in [2.24, 2.45) is 5.92 Å². The van der Waals surface area contributed by atoms with E-state index in [9.17, 15) is 23.5 Å². The van der Waals surface area contributed by atoms with Crippen LogP contribution in [0.3, 0.4) is 0 Å². The summed E-state index contributed by atoms with van der Waals surface area (Å²) >= 11 is 0. The Morgan fingerprint density at radius 3 is 2.35 bits per heavy atom. The van der Waals surface area contributed by atoms with Crippen molar-refractivity contribution in [2.45, 2.75) is 51.0 Å². The smallest absolute Gasteiger partial charge is 0.329 e. The normalized spacial score (nSPS) is 26.4. The lowest BCUT2D eigenvalue weighted by molar-refractivity contribution is -0.146. The lowest BCUT2D eigenvalue weighted by Gasteiger charge is -2.38. The van der Waals surface area contributed by atoms with Gasteiger partial charge in [-0.15, -0.1) is 0 Å². The summed E-state index contributed by atoms with van der Waals surface area (Å²) in [7, 11) is 1.23. The molecule has 116 valence electrons. The molecule has 1 aliphatic rings. The van der Waals surface area contributed by atoms with E-state index < -0.39 is 30.5 Å². The van der Waals surface area contributed by atoms with Crippen LogP contribution in [-0.2, 0) is 4.79 Å². The molecule has 2 N–H and O–H groups in total. The summed E-state index contributed by atoms with van der Waals surface area (Å²) in [6.07, 6.45) is 0.477. The van der Waals surface area contributed by atoms with Crippen molar-refractivity contribution in [3.8, 4) is 0 Å². The van der Waals surface area contributed by atoms with E-state index in [1.54, 1.807) is 0 Å². The lowest BCUT2D eigenvalue weighted by atomic mass is 9.75. The molecule has 0 bridgehead atoms. The summed E-state index contributed by atoms with van der Waals surface area (Å²) in [6, 6.07) is -0.761. The number of aliphatic carboxylic acids is 1. The highest BCUT2D eigenvalue weighted by atomic mass is 19.3. The fourth-order valence-corrected chi connectivity index (χ4v) is 2.56. The maximum Gasteiger partial charge on any atom is 0.329 e. The SMILES string of the molecule is CCC1CCC(NC(=O)N(C)CC(F)F)(C(=O)O)CC1. The number of rotatable bonds is 5. The van der Waals surface area contributed by atoms with Gasteiger partial charge in [0.15, 0.2) is 0 Å². The van der Waals surface area contributed by atoms with Gasteiger partial charge in [-0.2, -0.15) is 0 Å². The van der Waals surface area contributed by atoms with Gasteiger partial charge in [0.1, 0.15) is 5.54 Å². The Kier molecular flexibility index (Phi) is 5.71. The van der Waals surface area contributed by atoms with Gasteiger partial charge in [0.2, 0.25) is 0 Å². The van der Waals surface area contributed by atoms with Crippen molar-refractivity contribution in [3.05, 3.63) is 0 Å². The summed E-state index contributed by atoms with van der Waals surface area (Å²) in [5.41, 5.74) is -1.32. The number of urea groups is 1. The number of hydrogen-bond acceptors (Lipinski definition) is 2. The van der Waals surface area contributed by atoms with Gasteiger partial charge in [0, 0.05) is 7.05 Å². The van der Waals surface area contributed by atoms with E-state index in [-0.39, 0.29) is 0 Å². The summed E-state index contributed by atoms with van der Waals surface area (Å²) < 4.78 is 24.5. The third-order valence-electron chi connectivity index (χ3n) is 4.05. The van der Waals surface area contributed by atoms with Crippen LogP contribution in [0.4, 0.5) is 13.6 Å². The maximum absolute atomic E-state index is 12.2. The predicted octanol–water partition coefficient (Wildman–Crippen LogP) is 2.32. The highest BCUT2D eigenvalue weighted by molar-refractivity contribution is 5.86. The Hall–Kier alpha value is -1.40. The van der Waals surface area contributed by atoms with Gasteiger partial charge < -0.3 is 15.3 Å². The van der Waals surface area contributed by atoms with Crippen molar-refractivity contribution in [1.29, 1.82) is 0 Å². The van der Waals surface area contributed by atoms with Crippen molar-refractivity contribution in [2.75, 3.05) is 13.6 Å². The molecule has 1 fully saturated rings. The molecule has 0 aromatic heterocycles. The van der Waals surface area contributed by atoms with Crippen molar-refractivity contribution in [1.82, 2.24) is 10.2 Å². The van der Waals surface area contributed by atoms with Crippen LogP contribution in [0.25, 0.3) is 0 Å². The first-order chi connectivity index (χ1) is 9.30. The average Bonchev–Trinajstić information content (AvgIpc) is 2.38. The zero-order chi connectivity index (χ0) is 15.3. The number of halogens is 2. The van der Waals surface area contributed by atoms with Crippen LogP contribution >= 0.6 is 0 Å². The number of carbonyl (C=O) groups excluding carboxylic acids is 1. The second-order valence-electron chi connectivity index (χ2n) is 5.44. The predicted molar refractivity (Wildman–Crippen MR) is 69.8 cm³/mol. The van der Waals surface area contributed by atoms with Crippen LogP contribution in [0.1, 0.15) is 39.0 Å². The molecule has 0 spiro atoms. The van der Waals surface area contributed by atoms with Gasteiger partial charge in [0.05, 0.1) is 6.54 Å². The number of hydrogen-bond donors (Lipinski definition) is 2. The molecular formula is C13H22F2N2O3. The van der Waals surface area contributed by atoms with E-state index in [0.29, 0.717) is 18.8 Å². The number of carboxylic acid groups (broad SMARTS) is 1. The van der Waals surface area contributed by atoms with Crippen molar-refractivity contribution in [3.63, 3.8) is 0 Å². The Bertz CT molecular complexity index is 356. The van der Waals surface area contributed by atoms with Crippen LogP contribution in [0, 0.1) is 5.92 Å². The molecule has 5 nitrogen and oxygen atoms in total. The Balaban J connectivity index is 2.69. The summed E-state index contributed by atoms with van der Waals surface area (Å²) in [5, 5.41) is 11.8. The summed E-state index contributed by atoms with van der Waals surface area (Å²) in [4.78, 5) is 24.1. The molecule has 0 aliphatic heterocycles. The molecule has 20 heavy (non-hydrogen) atoms. The zero-order valence-electron chi connectivity index (χ0n) is 11.9. The third kappa shape index (κ3) is 4.05. The molecule has 1 saturated carbocycles. The third-order valence-corrected chi connectivity index (χ3v) is 4.05. The number of carbonyl (C=O) groups is 2. The molecule has 2 amide bonds. The van der Waals surface area contributed by atoms with E-state index in [2.05, 4.69) is 5.32 Å². The molecule has 0 saturated heterocycles. The average molecular weight is 292 g/mol. The van der Waals surface area contributed by atoms with Crippen LogP contribution in [-0.4, -0.2) is 47.6 Å². The second-order valence-corrected chi connectivity index (χ2v) is 5.44. The fourth-order valence-electron chi connectivity index (χ4n) is 2.56. The quantitative estimate of drug-likeness (QED) is 0.817. The Morgan fingerprint density at radius 1 is 1.40 bits per heavy atom. The molecule has 0 unspecified atom stereocenters. The first-order valence-corrected chi connectivity index (χ1v) is 6.85. The minimum atomic E-state index is -2.64. The topological polar surface area (TPSA) is 69.6 Å². The maximum atomic E-state index is 12.2. The Morgan fingerprint density at radius 2 is 1.95 bits per heavy atom. The van der Waals surface area contributed by atoms with Crippen LogP contribution < -0.4 is 5.32 Å². The standard InChI is InChI=1S/C13H22F2N2O3/c1-3-9-4-6-13(7-5-9,11(18)19)16-12(20)17(2)8-10(14)15/h9-10H,3-8H2,1-2H3,(H,16,20)(H,18,19). The van der Waals surface area contributed by atoms with Crippen molar-refractivity contribution >= 4 is 12.0 Å². The largest absolute Gasteiger partial charge is 0.480 e. The van der Waals surface area contributed by atoms with Crippen LogP contribution in [0.2, 0.25) is 0 Å². The summed E-state index contributed by atoms with van der Waals surface area (Å²) in [6.45, 7) is 1.34. The molecule has 0 atom stereocenters. The monoisotopic (exact) mass is 292 g/mol. The van der Waals surface area contributed by atoms with Crippen LogP contribution in [0.15, 0.2) is 0 Å². The molecule has 0 heterocycles. The van der Waals surface area contributed by atoms with Gasteiger partial charge in [-0.25, -0.2) is 18.4 Å². The number of nitrogens with zero attached hydrogens (tertiary/aromatic N) is 1. The number of nitrogens with one attached hydrogen (secondary N) is 1. The molecule has 0 aromatic carbocycles.